The third-order valence-electron chi connectivity index (χ3n) is 2.54. The Morgan fingerprint density at radius 1 is 1.38 bits per heavy atom. The third kappa shape index (κ3) is 5.83. The number of carbonyl (C=O) groups excluding carboxylic acids is 2. The highest BCUT2D eigenvalue weighted by atomic mass is 35.5. The molecule has 0 aromatic heterocycles. The summed E-state index contributed by atoms with van der Waals surface area (Å²) in [5.74, 6) is -0.938. The van der Waals surface area contributed by atoms with Gasteiger partial charge in [-0.25, -0.2) is 5.43 Å². The third-order valence-corrected chi connectivity index (χ3v) is 2.78. The molecule has 0 aliphatic heterocycles. The molecule has 0 fully saturated rings. The van der Waals surface area contributed by atoms with E-state index in [1.807, 2.05) is 6.92 Å². The van der Waals surface area contributed by atoms with Crippen LogP contribution in [0.1, 0.15) is 37.0 Å². The summed E-state index contributed by atoms with van der Waals surface area (Å²) in [4.78, 5) is 23.3. The SMILES string of the molecule is CCCNC(=O)C/C(C)=N\NC(=O)c1cc(Cl)ccc1O. The average Bonchev–Trinajstić information content (AvgIpc) is 2.45. The van der Waals surface area contributed by atoms with E-state index >= 15 is 0 Å². The van der Waals surface area contributed by atoms with Crippen molar-refractivity contribution in [3.63, 3.8) is 0 Å². The minimum atomic E-state index is -0.594. The molecule has 2 amide bonds. The molecule has 0 spiro atoms. The van der Waals surface area contributed by atoms with E-state index in [-0.39, 0.29) is 23.6 Å². The number of hydrogen-bond donors (Lipinski definition) is 3. The van der Waals surface area contributed by atoms with Crippen LogP contribution in [0.2, 0.25) is 5.02 Å². The number of halogens is 1. The molecule has 0 saturated carbocycles. The second-order valence-electron chi connectivity index (χ2n) is 4.48. The summed E-state index contributed by atoms with van der Waals surface area (Å²) in [5.41, 5.74) is 2.76. The number of rotatable bonds is 6. The maximum absolute atomic E-state index is 11.8. The van der Waals surface area contributed by atoms with E-state index in [2.05, 4.69) is 15.8 Å². The van der Waals surface area contributed by atoms with Crippen LogP contribution in [0.4, 0.5) is 0 Å². The summed E-state index contributed by atoms with van der Waals surface area (Å²) in [5, 5.41) is 16.4. The monoisotopic (exact) mass is 311 g/mol. The summed E-state index contributed by atoms with van der Waals surface area (Å²) < 4.78 is 0. The van der Waals surface area contributed by atoms with Gasteiger partial charge in [-0.2, -0.15) is 5.10 Å². The van der Waals surface area contributed by atoms with E-state index in [1.54, 1.807) is 6.92 Å². The molecule has 0 radical (unpaired) electrons. The lowest BCUT2D eigenvalue weighted by Gasteiger charge is -2.05. The molecule has 1 rings (SSSR count). The number of nitrogens with zero attached hydrogens (tertiary/aromatic N) is 1. The van der Waals surface area contributed by atoms with E-state index in [0.717, 1.165) is 6.42 Å². The molecule has 0 atom stereocenters. The van der Waals surface area contributed by atoms with Crippen molar-refractivity contribution >= 4 is 29.1 Å². The lowest BCUT2D eigenvalue weighted by atomic mass is 10.2. The Morgan fingerprint density at radius 2 is 2.10 bits per heavy atom. The standard InChI is InChI=1S/C14H18ClN3O3/c1-3-6-16-13(20)7-9(2)17-18-14(21)11-8-10(15)4-5-12(11)19/h4-5,8,19H,3,6-7H2,1-2H3,(H,16,20)(H,18,21)/b17-9-. The summed E-state index contributed by atoms with van der Waals surface area (Å²) in [6.07, 6.45) is 0.953. The van der Waals surface area contributed by atoms with Crippen molar-refractivity contribution in [2.24, 2.45) is 5.10 Å². The van der Waals surface area contributed by atoms with Crippen molar-refractivity contribution in [2.45, 2.75) is 26.7 Å². The first-order valence-electron chi connectivity index (χ1n) is 6.52. The Hall–Kier alpha value is -2.08. The van der Waals surface area contributed by atoms with Crippen LogP contribution in [-0.2, 0) is 4.79 Å². The van der Waals surface area contributed by atoms with Crippen molar-refractivity contribution in [3.8, 4) is 5.75 Å². The first-order valence-corrected chi connectivity index (χ1v) is 6.90. The van der Waals surface area contributed by atoms with Crippen molar-refractivity contribution in [3.05, 3.63) is 28.8 Å². The van der Waals surface area contributed by atoms with Gasteiger partial charge in [-0.1, -0.05) is 18.5 Å². The van der Waals surface area contributed by atoms with Gasteiger partial charge in [0.25, 0.3) is 5.91 Å². The van der Waals surface area contributed by atoms with E-state index in [0.29, 0.717) is 17.3 Å². The fraction of sp³-hybridized carbons (Fsp3) is 0.357. The van der Waals surface area contributed by atoms with E-state index in [1.165, 1.54) is 18.2 Å². The second-order valence-corrected chi connectivity index (χ2v) is 4.91. The molecule has 0 aliphatic carbocycles. The highest BCUT2D eigenvalue weighted by Gasteiger charge is 2.11. The number of phenolic OH excluding ortho intramolecular Hbond substituents is 1. The van der Waals surface area contributed by atoms with E-state index < -0.39 is 5.91 Å². The zero-order valence-electron chi connectivity index (χ0n) is 11.9. The number of hydrogen-bond acceptors (Lipinski definition) is 4. The van der Waals surface area contributed by atoms with Gasteiger partial charge in [-0.05, 0) is 31.5 Å². The van der Waals surface area contributed by atoms with Crippen molar-refractivity contribution in [2.75, 3.05) is 6.54 Å². The molecule has 7 heteroatoms. The lowest BCUT2D eigenvalue weighted by molar-refractivity contribution is -0.119. The topological polar surface area (TPSA) is 90.8 Å². The lowest BCUT2D eigenvalue weighted by Crippen LogP contribution is -2.27. The molecular weight excluding hydrogens is 294 g/mol. The van der Waals surface area contributed by atoms with Gasteiger partial charge in [0.15, 0.2) is 0 Å². The smallest absolute Gasteiger partial charge is 0.275 e. The highest BCUT2D eigenvalue weighted by molar-refractivity contribution is 6.31. The molecule has 6 nitrogen and oxygen atoms in total. The molecule has 1 aromatic rings. The maximum Gasteiger partial charge on any atom is 0.275 e. The van der Waals surface area contributed by atoms with Crippen LogP contribution >= 0.6 is 11.6 Å². The van der Waals surface area contributed by atoms with Gasteiger partial charge in [0.1, 0.15) is 5.75 Å². The quantitative estimate of drug-likeness (QED) is 0.555. The largest absolute Gasteiger partial charge is 0.507 e. The number of aromatic hydroxyl groups is 1. The number of carbonyl (C=O) groups is 2. The van der Waals surface area contributed by atoms with Gasteiger partial charge in [0, 0.05) is 17.3 Å². The zero-order valence-corrected chi connectivity index (χ0v) is 12.7. The summed E-state index contributed by atoms with van der Waals surface area (Å²) >= 11 is 5.76. The second kappa shape index (κ2) is 8.26. The van der Waals surface area contributed by atoms with Crippen molar-refractivity contribution in [1.82, 2.24) is 10.7 Å². The van der Waals surface area contributed by atoms with Crippen LogP contribution < -0.4 is 10.7 Å². The molecule has 0 aliphatic rings. The predicted molar refractivity (Wildman–Crippen MR) is 81.6 cm³/mol. The van der Waals surface area contributed by atoms with Gasteiger partial charge in [0.2, 0.25) is 5.91 Å². The van der Waals surface area contributed by atoms with E-state index in [9.17, 15) is 14.7 Å². The number of phenols is 1. The molecule has 0 bridgehead atoms. The zero-order chi connectivity index (χ0) is 15.8. The Labute approximate surface area is 128 Å². The normalized spacial score (nSPS) is 11.1. The Balaban J connectivity index is 2.60. The molecular formula is C14H18ClN3O3. The summed E-state index contributed by atoms with van der Waals surface area (Å²) in [7, 11) is 0. The maximum atomic E-state index is 11.8. The molecule has 0 heterocycles. The molecule has 21 heavy (non-hydrogen) atoms. The van der Waals surface area contributed by atoms with Crippen LogP contribution in [0.3, 0.4) is 0 Å². The highest BCUT2D eigenvalue weighted by Crippen LogP contribution is 2.21. The van der Waals surface area contributed by atoms with Gasteiger partial charge in [-0.3, -0.25) is 9.59 Å². The van der Waals surface area contributed by atoms with Crippen LogP contribution in [0.15, 0.2) is 23.3 Å². The van der Waals surface area contributed by atoms with Gasteiger partial charge >= 0.3 is 0 Å². The summed E-state index contributed by atoms with van der Waals surface area (Å²) in [6.45, 7) is 4.19. The fourth-order valence-electron chi connectivity index (χ4n) is 1.50. The first kappa shape index (κ1) is 17.0. The fourth-order valence-corrected chi connectivity index (χ4v) is 1.67. The Morgan fingerprint density at radius 3 is 2.76 bits per heavy atom. The molecule has 3 N–H and O–H groups in total. The molecule has 114 valence electrons. The Bertz CT molecular complexity index is 558. The van der Waals surface area contributed by atoms with Gasteiger partial charge in [-0.15, -0.1) is 0 Å². The van der Waals surface area contributed by atoms with Crippen LogP contribution in [0.25, 0.3) is 0 Å². The van der Waals surface area contributed by atoms with Crippen molar-refractivity contribution in [1.29, 1.82) is 0 Å². The van der Waals surface area contributed by atoms with Crippen LogP contribution in [0, 0.1) is 0 Å². The predicted octanol–water partition coefficient (Wildman–Crippen LogP) is 2.07. The number of benzene rings is 1. The van der Waals surface area contributed by atoms with Crippen LogP contribution in [0.5, 0.6) is 5.75 Å². The van der Waals surface area contributed by atoms with E-state index in [4.69, 9.17) is 11.6 Å². The number of amides is 2. The minimum absolute atomic E-state index is 0.0227. The molecule has 0 unspecified atom stereocenters. The molecule has 1 aromatic carbocycles. The average molecular weight is 312 g/mol. The van der Waals surface area contributed by atoms with Crippen LogP contribution in [-0.4, -0.2) is 29.2 Å². The Kier molecular flexibility index (Phi) is 6.68. The molecule has 0 saturated heterocycles. The summed E-state index contributed by atoms with van der Waals surface area (Å²) in [6, 6.07) is 4.14. The van der Waals surface area contributed by atoms with Crippen molar-refractivity contribution < 1.29 is 14.7 Å². The first-order chi connectivity index (χ1) is 9.93. The van der Waals surface area contributed by atoms with Gasteiger partial charge < -0.3 is 10.4 Å². The van der Waals surface area contributed by atoms with Gasteiger partial charge in [0.05, 0.1) is 12.0 Å². The number of hydrazone groups is 1. The number of nitrogens with one attached hydrogen (secondary N) is 2. The minimum Gasteiger partial charge on any atom is -0.507 e.